The largest absolute Gasteiger partial charge is 0.312 e. The van der Waals surface area contributed by atoms with Gasteiger partial charge < -0.3 is 5.32 Å². The zero-order chi connectivity index (χ0) is 14.4. The van der Waals surface area contributed by atoms with Crippen molar-refractivity contribution in [2.45, 2.75) is 13.0 Å². The van der Waals surface area contributed by atoms with E-state index in [0.717, 1.165) is 24.1 Å². The Hall–Kier alpha value is -1.98. The van der Waals surface area contributed by atoms with Gasteiger partial charge in [-0.1, -0.05) is 23.7 Å². The van der Waals surface area contributed by atoms with Gasteiger partial charge in [-0.15, -0.1) is 0 Å². The maximum Gasteiger partial charge on any atom is 0.288 e. The monoisotopic (exact) mass is 291 g/mol. The minimum Gasteiger partial charge on any atom is -0.312 e. The molecule has 0 bridgehead atoms. The minimum absolute atomic E-state index is 0.0572. The SMILES string of the molecule is O=[N+]([O-])c1cc(CNCCc2cccnc2)ccc1Cl. The normalized spacial score (nSPS) is 10.4. The fourth-order valence-corrected chi connectivity index (χ4v) is 2.01. The van der Waals surface area contributed by atoms with E-state index in [1.54, 1.807) is 18.3 Å². The van der Waals surface area contributed by atoms with Crippen LogP contribution in [0.3, 0.4) is 0 Å². The van der Waals surface area contributed by atoms with Gasteiger partial charge in [0.2, 0.25) is 0 Å². The van der Waals surface area contributed by atoms with Crippen LogP contribution >= 0.6 is 11.6 Å². The molecule has 0 saturated heterocycles. The van der Waals surface area contributed by atoms with E-state index in [1.165, 1.54) is 6.07 Å². The first kappa shape index (κ1) is 14.4. The number of nitro groups is 1. The smallest absolute Gasteiger partial charge is 0.288 e. The third-order valence-electron chi connectivity index (χ3n) is 2.85. The van der Waals surface area contributed by atoms with Gasteiger partial charge in [-0.2, -0.15) is 0 Å². The maximum absolute atomic E-state index is 10.8. The van der Waals surface area contributed by atoms with Gasteiger partial charge in [-0.25, -0.2) is 0 Å². The van der Waals surface area contributed by atoms with Crippen molar-refractivity contribution in [3.63, 3.8) is 0 Å². The van der Waals surface area contributed by atoms with Gasteiger partial charge in [0.25, 0.3) is 5.69 Å². The second-order valence-electron chi connectivity index (χ2n) is 4.33. The van der Waals surface area contributed by atoms with Crippen molar-refractivity contribution in [3.05, 3.63) is 69.0 Å². The topological polar surface area (TPSA) is 68.1 Å². The van der Waals surface area contributed by atoms with E-state index in [0.29, 0.717) is 6.54 Å². The molecular weight excluding hydrogens is 278 g/mol. The summed E-state index contributed by atoms with van der Waals surface area (Å²) in [6.45, 7) is 1.35. The average molecular weight is 292 g/mol. The second-order valence-corrected chi connectivity index (χ2v) is 4.74. The van der Waals surface area contributed by atoms with Crippen molar-refractivity contribution in [2.75, 3.05) is 6.54 Å². The molecule has 0 aliphatic rings. The van der Waals surface area contributed by atoms with Gasteiger partial charge in [0.15, 0.2) is 0 Å². The molecule has 2 rings (SSSR count). The first-order valence-electron chi connectivity index (χ1n) is 6.19. The Balaban J connectivity index is 1.85. The van der Waals surface area contributed by atoms with E-state index in [4.69, 9.17) is 11.6 Å². The van der Waals surface area contributed by atoms with Crippen molar-refractivity contribution < 1.29 is 4.92 Å². The minimum atomic E-state index is -0.471. The number of pyridine rings is 1. The summed E-state index contributed by atoms with van der Waals surface area (Å²) in [5, 5.41) is 14.2. The third kappa shape index (κ3) is 4.01. The van der Waals surface area contributed by atoms with E-state index in [2.05, 4.69) is 10.3 Å². The van der Waals surface area contributed by atoms with Gasteiger partial charge >= 0.3 is 0 Å². The van der Waals surface area contributed by atoms with E-state index in [9.17, 15) is 10.1 Å². The Morgan fingerprint density at radius 2 is 2.15 bits per heavy atom. The fraction of sp³-hybridized carbons (Fsp3) is 0.214. The van der Waals surface area contributed by atoms with Crippen LogP contribution in [-0.4, -0.2) is 16.5 Å². The maximum atomic E-state index is 10.8. The average Bonchev–Trinajstić information content (AvgIpc) is 2.46. The summed E-state index contributed by atoms with van der Waals surface area (Å²) in [5.74, 6) is 0. The van der Waals surface area contributed by atoms with Crippen molar-refractivity contribution in [1.82, 2.24) is 10.3 Å². The Kier molecular flexibility index (Phi) is 5.03. The number of nitrogens with zero attached hydrogens (tertiary/aromatic N) is 2. The molecule has 1 aromatic carbocycles. The van der Waals surface area contributed by atoms with Crippen LogP contribution in [0.5, 0.6) is 0 Å². The summed E-state index contributed by atoms with van der Waals surface area (Å²) in [7, 11) is 0. The van der Waals surface area contributed by atoms with Crippen LogP contribution in [0.1, 0.15) is 11.1 Å². The lowest BCUT2D eigenvalue weighted by atomic mass is 10.2. The summed E-state index contributed by atoms with van der Waals surface area (Å²) in [6.07, 6.45) is 4.43. The highest BCUT2D eigenvalue weighted by atomic mass is 35.5. The van der Waals surface area contributed by atoms with Crippen LogP contribution in [0.15, 0.2) is 42.7 Å². The predicted octanol–water partition coefficient (Wildman–Crippen LogP) is 2.98. The molecule has 0 saturated carbocycles. The number of benzene rings is 1. The van der Waals surface area contributed by atoms with Crippen LogP contribution in [0.25, 0.3) is 0 Å². The van der Waals surface area contributed by atoms with E-state index in [1.807, 2.05) is 18.3 Å². The molecule has 0 spiro atoms. The van der Waals surface area contributed by atoms with Gasteiger partial charge in [-0.3, -0.25) is 15.1 Å². The second kappa shape index (κ2) is 6.98. The molecule has 104 valence electrons. The molecule has 0 fully saturated rings. The molecule has 2 aromatic rings. The number of hydrogen-bond donors (Lipinski definition) is 1. The zero-order valence-corrected chi connectivity index (χ0v) is 11.5. The lowest BCUT2D eigenvalue weighted by molar-refractivity contribution is -0.384. The van der Waals surface area contributed by atoms with Crippen LogP contribution < -0.4 is 5.32 Å². The number of nitro benzene ring substituents is 1. The highest BCUT2D eigenvalue weighted by Crippen LogP contribution is 2.24. The van der Waals surface area contributed by atoms with Crippen molar-refractivity contribution >= 4 is 17.3 Å². The molecule has 0 aliphatic heterocycles. The Labute approximate surface area is 121 Å². The number of nitrogens with one attached hydrogen (secondary N) is 1. The third-order valence-corrected chi connectivity index (χ3v) is 3.17. The van der Waals surface area contributed by atoms with Gasteiger partial charge in [0, 0.05) is 25.0 Å². The molecule has 0 aliphatic carbocycles. The van der Waals surface area contributed by atoms with Crippen molar-refractivity contribution in [3.8, 4) is 0 Å². The summed E-state index contributed by atoms with van der Waals surface area (Å²) in [6, 6.07) is 8.75. The number of aromatic nitrogens is 1. The molecule has 1 aromatic heterocycles. The van der Waals surface area contributed by atoms with E-state index < -0.39 is 4.92 Å². The molecule has 20 heavy (non-hydrogen) atoms. The molecule has 0 radical (unpaired) electrons. The summed E-state index contributed by atoms with van der Waals surface area (Å²) in [5.41, 5.74) is 1.94. The Morgan fingerprint density at radius 3 is 2.85 bits per heavy atom. The Bertz CT molecular complexity index is 590. The lowest BCUT2D eigenvalue weighted by Crippen LogP contribution is -2.16. The zero-order valence-electron chi connectivity index (χ0n) is 10.8. The van der Waals surface area contributed by atoms with E-state index in [-0.39, 0.29) is 10.7 Å². The molecule has 0 amide bonds. The molecule has 0 atom stereocenters. The van der Waals surface area contributed by atoms with Gasteiger partial charge in [-0.05, 0) is 36.2 Å². The van der Waals surface area contributed by atoms with E-state index >= 15 is 0 Å². The van der Waals surface area contributed by atoms with Crippen LogP contribution in [0.4, 0.5) is 5.69 Å². The molecule has 6 heteroatoms. The van der Waals surface area contributed by atoms with Crippen LogP contribution in [0, 0.1) is 10.1 Å². The lowest BCUT2D eigenvalue weighted by Gasteiger charge is -2.05. The highest BCUT2D eigenvalue weighted by molar-refractivity contribution is 6.32. The quantitative estimate of drug-likeness (QED) is 0.505. The molecule has 1 heterocycles. The number of halogens is 1. The number of hydrogen-bond acceptors (Lipinski definition) is 4. The van der Waals surface area contributed by atoms with Gasteiger partial charge in [0.05, 0.1) is 4.92 Å². The summed E-state index contributed by atoms with van der Waals surface area (Å²) in [4.78, 5) is 14.4. The molecule has 0 unspecified atom stereocenters. The fourth-order valence-electron chi connectivity index (χ4n) is 1.82. The van der Waals surface area contributed by atoms with Gasteiger partial charge in [0.1, 0.15) is 5.02 Å². The molecule has 1 N–H and O–H groups in total. The van der Waals surface area contributed by atoms with Crippen molar-refractivity contribution in [2.24, 2.45) is 0 Å². The first-order chi connectivity index (χ1) is 9.66. The molecular formula is C14H14ClN3O2. The van der Waals surface area contributed by atoms with Crippen LogP contribution in [-0.2, 0) is 13.0 Å². The number of rotatable bonds is 6. The summed E-state index contributed by atoms with van der Waals surface area (Å²) >= 11 is 5.76. The van der Waals surface area contributed by atoms with Crippen molar-refractivity contribution in [1.29, 1.82) is 0 Å². The highest BCUT2D eigenvalue weighted by Gasteiger charge is 2.12. The first-order valence-corrected chi connectivity index (χ1v) is 6.57. The molecule has 5 nitrogen and oxygen atoms in total. The Morgan fingerprint density at radius 1 is 1.30 bits per heavy atom. The standard InChI is InChI=1S/C14H14ClN3O2/c15-13-4-3-12(8-14(13)18(19)20)10-17-7-5-11-2-1-6-16-9-11/h1-4,6,8-9,17H,5,7,10H2. The summed E-state index contributed by atoms with van der Waals surface area (Å²) < 4.78 is 0. The predicted molar refractivity (Wildman–Crippen MR) is 77.8 cm³/mol. The van der Waals surface area contributed by atoms with Crippen LogP contribution in [0.2, 0.25) is 5.02 Å².